The van der Waals surface area contributed by atoms with E-state index in [9.17, 15) is 4.79 Å². The van der Waals surface area contributed by atoms with Gasteiger partial charge in [-0.2, -0.15) is 0 Å². The van der Waals surface area contributed by atoms with Gasteiger partial charge in [-0.3, -0.25) is 0 Å². The van der Waals surface area contributed by atoms with Gasteiger partial charge in [-0.25, -0.2) is 9.79 Å². The van der Waals surface area contributed by atoms with Crippen LogP contribution in [0.4, 0.5) is 0 Å². The molecule has 0 aliphatic carbocycles. The van der Waals surface area contributed by atoms with Gasteiger partial charge in [0.2, 0.25) is 5.90 Å². The molecule has 1 aliphatic heterocycles. The number of carbonyl (C=O) groups is 1. The van der Waals surface area contributed by atoms with E-state index in [1.807, 2.05) is 66.7 Å². The Kier molecular flexibility index (Phi) is 5.02. The Morgan fingerprint density at radius 2 is 1.64 bits per heavy atom. The SMILES string of the molecule is Cc1ccccc1COc1ccc(/C=C2\N=C(c3ccccc3)OC2=O)cc1. The molecule has 3 aromatic carbocycles. The molecule has 0 saturated carbocycles. The number of aliphatic imine (C=N–C) groups is 1. The summed E-state index contributed by atoms with van der Waals surface area (Å²) in [4.78, 5) is 16.4. The van der Waals surface area contributed by atoms with Crippen LogP contribution in [-0.4, -0.2) is 11.9 Å². The lowest BCUT2D eigenvalue weighted by molar-refractivity contribution is -0.129. The summed E-state index contributed by atoms with van der Waals surface area (Å²) in [6, 6.07) is 25.1. The Morgan fingerprint density at radius 3 is 2.39 bits per heavy atom. The maximum absolute atomic E-state index is 12.1. The van der Waals surface area contributed by atoms with Gasteiger partial charge in [-0.05, 0) is 54.0 Å². The molecule has 0 bridgehead atoms. The Labute approximate surface area is 163 Å². The second-order valence-electron chi connectivity index (χ2n) is 6.49. The zero-order valence-corrected chi connectivity index (χ0v) is 15.5. The van der Waals surface area contributed by atoms with Crippen molar-refractivity contribution in [3.05, 3.63) is 107 Å². The predicted molar refractivity (Wildman–Crippen MR) is 109 cm³/mol. The van der Waals surface area contributed by atoms with Crippen LogP contribution in [0.3, 0.4) is 0 Å². The third-order valence-electron chi connectivity index (χ3n) is 4.48. The average molecular weight is 369 g/mol. The van der Waals surface area contributed by atoms with Crippen molar-refractivity contribution < 1.29 is 14.3 Å². The van der Waals surface area contributed by atoms with Crippen molar-refractivity contribution >= 4 is 17.9 Å². The Balaban J connectivity index is 1.46. The van der Waals surface area contributed by atoms with Crippen molar-refractivity contribution in [2.24, 2.45) is 4.99 Å². The molecule has 0 atom stereocenters. The molecule has 138 valence electrons. The van der Waals surface area contributed by atoms with Crippen LogP contribution >= 0.6 is 0 Å². The molecule has 1 aliphatic rings. The maximum atomic E-state index is 12.1. The van der Waals surface area contributed by atoms with Gasteiger partial charge in [0.1, 0.15) is 12.4 Å². The number of esters is 1. The lowest BCUT2D eigenvalue weighted by atomic mass is 10.1. The molecule has 0 unspecified atom stereocenters. The molecule has 1 heterocycles. The topological polar surface area (TPSA) is 47.9 Å². The molecule has 0 radical (unpaired) electrons. The van der Waals surface area contributed by atoms with Crippen molar-refractivity contribution in [3.8, 4) is 5.75 Å². The largest absolute Gasteiger partial charge is 0.489 e. The number of cyclic esters (lactones) is 1. The number of hydrogen-bond donors (Lipinski definition) is 0. The average Bonchev–Trinajstić information content (AvgIpc) is 3.09. The van der Waals surface area contributed by atoms with Crippen molar-refractivity contribution in [1.29, 1.82) is 0 Å². The smallest absolute Gasteiger partial charge is 0.363 e. The Bertz CT molecular complexity index is 1050. The molecule has 0 amide bonds. The summed E-state index contributed by atoms with van der Waals surface area (Å²) in [5.41, 5.74) is 4.28. The van der Waals surface area contributed by atoms with Crippen LogP contribution in [0.15, 0.2) is 89.6 Å². The zero-order valence-electron chi connectivity index (χ0n) is 15.5. The normalized spacial score (nSPS) is 14.7. The lowest BCUT2D eigenvalue weighted by Gasteiger charge is -2.08. The molecule has 28 heavy (non-hydrogen) atoms. The summed E-state index contributed by atoms with van der Waals surface area (Å²) >= 11 is 0. The van der Waals surface area contributed by atoms with Gasteiger partial charge in [-0.1, -0.05) is 54.6 Å². The first-order valence-electron chi connectivity index (χ1n) is 9.04. The minimum absolute atomic E-state index is 0.285. The van der Waals surface area contributed by atoms with Crippen LogP contribution in [0.25, 0.3) is 6.08 Å². The van der Waals surface area contributed by atoms with E-state index in [4.69, 9.17) is 9.47 Å². The van der Waals surface area contributed by atoms with E-state index in [0.29, 0.717) is 12.5 Å². The summed E-state index contributed by atoms with van der Waals surface area (Å²) < 4.78 is 11.1. The van der Waals surface area contributed by atoms with Crippen molar-refractivity contribution in [1.82, 2.24) is 0 Å². The van der Waals surface area contributed by atoms with Crippen LogP contribution in [0.1, 0.15) is 22.3 Å². The fourth-order valence-electron chi connectivity index (χ4n) is 2.86. The number of carbonyl (C=O) groups excluding carboxylic acids is 1. The first-order valence-corrected chi connectivity index (χ1v) is 9.04. The summed E-state index contributed by atoms with van der Waals surface area (Å²) in [5, 5.41) is 0. The summed E-state index contributed by atoms with van der Waals surface area (Å²) in [7, 11) is 0. The standard InChI is InChI=1S/C24H19NO3/c1-17-7-5-6-10-20(17)16-27-21-13-11-18(12-14-21)15-22-24(26)28-23(25-22)19-8-3-2-4-9-19/h2-15H,16H2,1H3/b22-15-. The number of hydrogen-bond acceptors (Lipinski definition) is 4. The Hall–Kier alpha value is -3.66. The highest BCUT2D eigenvalue weighted by Crippen LogP contribution is 2.21. The van der Waals surface area contributed by atoms with Gasteiger partial charge in [-0.15, -0.1) is 0 Å². The van der Waals surface area contributed by atoms with Crippen LogP contribution < -0.4 is 4.74 Å². The molecule has 0 N–H and O–H groups in total. The second-order valence-corrected chi connectivity index (χ2v) is 6.49. The lowest BCUT2D eigenvalue weighted by Crippen LogP contribution is -2.04. The van der Waals surface area contributed by atoms with E-state index in [-0.39, 0.29) is 5.70 Å². The highest BCUT2D eigenvalue weighted by Gasteiger charge is 2.23. The molecule has 4 heteroatoms. The quantitative estimate of drug-likeness (QED) is 0.474. The van der Waals surface area contributed by atoms with Gasteiger partial charge in [0, 0.05) is 5.56 Å². The van der Waals surface area contributed by atoms with Gasteiger partial charge < -0.3 is 9.47 Å². The van der Waals surface area contributed by atoms with Crippen molar-refractivity contribution in [2.75, 3.05) is 0 Å². The van der Waals surface area contributed by atoms with Crippen LogP contribution in [0.2, 0.25) is 0 Å². The number of benzene rings is 3. The molecule has 4 nitrogen and oxygen atoms in total. The first kappa shape index (κ1) is 17.7. The Morgan fingerprint density at radius 1 is 0.929 bits per heavy atom. The molecule has 0 fully saturated rings. The fraction of sp³-hybridized carbons (Fsp3) is 0.0833. The predicted octanol–water partition coefficient (Wildman–Crippen LogP) is 4.92. The zero-order chi connectivity index (χ0) is 19.3. The van der Waals surface area contributed by atoms with E-state index >= 15 is 0 Å². The number of rotatable bonds is 5. The van der Waals surface area contributed by atoms with Gasteiger partial charge >= 0.3 is 5.97 Å². The molecule has 0 saturated heterocycles. The number of ether oxygens (including phenoxy) is 2. The van der Waals surface area contributed by atoms with Crippen molar-refractivity contribution in [3.63, 3.8) is 0 Å². The minimum Gasteiger partial charge on any atom is -0.489 e. The van der Waals surface area contributed by atoms with Gasteiger partial charge in [0.05, 0.1) is 0 Å². The molecular formula is C24H19NO3. The number of nitrogens with zero attached hydrogens (tertiary/aromatic N) is 1. The molecular weight excluding hydrogens is 350 g/mol. The number of aryl methyl sites for hydroxylation is 1. The summed E-state index contributed by atoms with van der Waals surface area (Å²) in [5.74, 6) is 0.654. The molecule has 4 rings (SSSR count). The molecule has 3 aromatic rings. The first-order chi connectivity index (χ1) is 13.7. The van der Waals surface area contributed by atoms with Crippen LogP contribution in [0, 0.1) is 6.92 Å². The van der Waals surface area contributed by atoms with Crippen LogP contribution in [-0.2, 0) is 16.1 Å². The van der Waals surface area contributed by atoms with E-state index in [1.165, 1.54) is 5.56 Å². The van der Waals surface area contributed by atoms with Crippen molar-refractivity contribution in [2.45, 2.75) is 13.5 Å². The molecule has 0 spiro atoms. The van der Waals surface area contributed by atoms with Gasteiger partial charge in [0.15, 0.2) is 5.70 Å². The van der Waals surface area contributed by atoms with E-state index in [0.717, 1.165) is 22.4 Å². The highest BCUT2D eigenvalue weighted by molar-refractivity contribution is 6.12. The fourth-order valence-corrected chi connectivity index (χ4v) is 2.86. The highest BCUT2D eigenvalue weighted by atomic mass is 16.6. The third kappa shape index (κ3) is 4.01. The minimum atomic E-state index is -0.446. The van der Waals surface area contributed by atoms with Crippen LogP contribution in [0.5, 0.6) is 5.75 Å². The van der Waals surface area contributed by atoms with Gasteiger partial charge in [0.25, 0.3) is 0 Å². The third-order valence-corrected chi connectivity index (χ3v) is 4.48. The van der Waals surface area contributed by atoms with E-state index in [1.54, 1.807) is 6.08 Å². The van der Waals surface area contributed by atoms with E-state index < -0.39 is 5.97 Å². The molecule has 0 aromatic heterocycles. The maximum Gasteiger partial charge on any atom is 0.363 e. The van der Waals surface area contributed by atoms with E-state index in [2.05, 4.69) is 24.0 Å². The second kappa shape index (κ2) is 7.92. The summed E-state index contributed by atoms with van der Waals surface area (Å²) in [6.45, 7) is 2.59. The summed E-state index contributed by atoms with van der Waals surface area (Å²) in [6.07, 6.45) is 1.71. The monoisotopic (exact) mass is 369 g/mol.